The molecule has 2 atom stereocenters. The number of amides is 1. The van der Waals surface area contributed by atoms with Crippen LogP contribution in [-0.4, -0.2) is 34.6 Å². The molecule has 2 heterocycles. The van der Waals surface area contributed by atoms with Gasteiger partial charge in [-0.15, -0.1) is 24.8 Å². The summed E-state index contributed by atoms with van der Waals surface area (Å²) < 4.78 is 1.97. The van der Waals surface area contributed by atoms with Crippen molar-refractivity contribution in [2.24, 2.45) is 5.92 Å². The number of hydrogen-bond acceptors (Lipinski definition) is 3. The Morgan fingerprint density at radius 3 is 2.94 bits per heavy atom. The highest BCUT2D eigenvalue weighted by atomic mass is 35.5. The average molecular weight is 295 g/mol. The molecule has 18 heavy (non-hydrogen) atoms. The number of imidazole rings is 1. The minimum absolute atomic E-state index is 0. The van der Waals surface area contributed by atoms with Gasteiger partial charge in [0.2, 0.25) is 5.91 Å². The lowest BCUT2D eigenvalue weighted by Crippen LogP contribution is -2.40. The Balaban J connectivity index is 0.00000144. The van der Waals surface area contributed by atoms with Crippen molar-refractivity contribution in [2.45, 2.75) is 25.9 Å². The molecule has 104 valence electrons. The van der Waals surface area contributed by atoms with E-state index >= 15 is 0 Å². The second-order valence-corrected chi connectivity index (χ2v) is 4.36. The molecule has 0 aromatic carbocycles. The van der Waals surface area contributed by atoms with Crippen LogP contribution in [0.4, 0.5) is 0 Å². The topological polar surface area (TPSA) is 59.0 Å². The molecular formula is C11H20Cl2N4O. The Kier molecular flexibility index (Phi) is 7.98. The number of halogens is 2. The van der Waals surface area contributed by atoms with E-state index < -0.39 is 0 Å². The maximum Gasteiger partial charge on any atom is 0.224 e. The Bertz CT molecular complexity index is 339. The molecule has 0 aliphatic carbocycles. The Morgan fingerprint density at radius 1 is 1.61 bits per heavy atom. The normalized spacial score (nSPS) is 19.5. The van der Waals surface area contributed by atoms with Crippen LogP contribution in [0.1, 0.15) is 13.3 Å². The molecule has 2 unspecified atom stereocenters. The molecule has 0 saturated carbocycles. The van der Waals surface area contributed by atoms with Gasteiger partial charge in [0, 0.05) is 31.5 Å². The summed E-state index contributed by atoms with van der Waals surface area (Å²) in [7, 11) is 0. The third-order valence-electron chi connectivity index (χ3n) is 2.86. The van der Waals surface area contributed by atoms with Crippen LogP contribution < -0.4 is 10.6 Å². The number of carbonyl (C=O) groups is 1. The van der Waals surface area contributed by atoms with E-state index in [0.29, 0.717) is 0 Å². The van der Waals surface area contributed by atoms with E-state index in [9.17, 15) is 4.79 Å². The molecule has 5 nitrogen and oxygen atoms in total. The lowest BCUT2D eigenvalue weighted by molar-refractivity contribution is -0.125. The summed E-state index contributed by atoms with van der Waals surface area (Å²) in [6, 6.07) is 0.141. The largest absolute Gasteiger partial charge is 0.352 e. The second kappa shape index (κ2) is 8.34. The van der Waals surface area contributed by atoms with Crippen molar-refractivity contribution < 1.29 is 4.79 Å². The standard InChI is InChI=1S/C11H18N4O.2ClH/c1-9(7-15-5-4-13-8-15)14-11(16)10-2-3-12-6-10;;/h4-5,8-10,12H,2-3,6-7H2,1H3,(H,14,16);2*1H. The van der Waals surface area contributed by atoms with Crippen LogP contribution in [0.25, 0.3) is 0 Å². The first-order valence-corrected chi connectivity index (χ1v) is 5.72. The van der Waals surface area contributed by atoms with Crippen molar-refractivity contribution in [3.63, 3.8) is 0 Å². The lowest BCUT2D eigenvalue weighted by atomic mass is 10.1. The van der Waals surface area contributed by atoms with Crippen LogP contribution in [0.15, 0.2) is 18.7 Å². The quantitative estimate of drug-likeness (QED) is 0.865. The molecular weight excluding hydrogens is 275 g/mol. The van der Waals surface area contributed by atoms with E-state index in [1.165, 1.54) is 0 Å². The van der Waals surface area contributed by atoms with Crippen molar-refractivity contribution in [1.29, 1.82) is 0 Å². The van der Waals surface area contributed by atoms with E-state index in [1.54, 1.807) is 12.5 Å². The number of nitrogens with one attached hydrogen (secondary N) is 2. The van der Waals surface area contributed by atoms with Crippen molar-refractivity contribution in [2.75, 3.05) is 13.1 Å². The lowest BCUT2D eigenvalue weighted by Gasteiger charge is -2.16. The summed E-state index contributed by atoms with van der Waals surface area (Å²) >= 11 is 0. The second-order valence-electron chi connectivity index (χ2n) is 4.36. The van der Waals surface area contributed by atoms with Crippen LogP contribution in [0.2, 0.25) is 0 Å². The first kappa shape index (κ1) is 17.2. The summed E-state index contributed by atoms with van der Waals surface area (Å²) in [5.74, 6) is 0.308. The van der Waals surface area contributed by atoms with Gasteiger partial charge in [-0.1, -0.05) is 0 Å². The molecule has 1 saturated heterocycles. The Labute approximate surface area is 120 Å². The van der Waals surface area contributed by atoms with Crippen molar-refractivity contribution in [3.05, 3.63) is 18.7 Å². The monoisotopic (exact) mass is 294 g/mol. The van der Waals surface area contributed by atoms with Gasteiger partial charge >= 0.3 is 0 Å². The van der Waals surface area contributed by atoms with Gasteiger partial charge < -0.3 is 15.2 Å². The molecule has 1 fully saturated rings. The van der Waals surface area contributed by atoms with Crippen molar-refractivity contribution in [1.82, 2.24) is 20.2 Å². The van der Waals surface area contributed by atoms with E-state index in [1.807, 2.05) is 17.7 Å². The molecule has 1 aliphatic heterocycles. The summed E-state index contributed by atoms with van der Waals surface area (Å²) in [6.45, 7) is 4.55. The summed E-state index contributed by atoms with van der Waals surface area (Å²) in [6.07, 6.45) is 6.36. The maximum atomic E-state index is 11.8. The first-order valence-electron chi connectivity index (χ1n) is 5.72. The minimum Gasteiger partial charge on any atom is -0.352 e. The number of nitrogens with zero attached hydrogens (tertiary/aromatic N) is 2. The zero-order valence-corrected chi connectivity index (χ0v) is 12.0. The van der Waals surface area contributed by atoms with Gasteiger partial charge in [-0.05, 0) is 19.9 Å². The van der Waals surface area contributed by atoms with E-state index in [2.05, 4.69) is 15.6 Å². The highest BCUT2D eigenvalue weighted by Gasteiger charge is 2.23. The fourth-order valence-electron chi connectivity index (χ4n) is 2.00. The molecule has 7 heteroatoms. The van der Waals surface area contributed by atoms with Crippen LogP contribution in [0, 0.1) is 5.92 Å². The third-order valence-corrected chi connectivity index (χ3v) is 2.86. The molecule has 1 aromatic heterocycles. The predicted molar refractivity (Wildman–Crippen MR) is 75.3 cm³/mol. The van der Waals surface area contributed by atoms with Gasteiger partial charge in [0.1, 0.15) is 0 Å². The summed E-state index contributed by atoms with van der Waals surface area (Å²) in [5.41, 5.74) is 0. The maximum absolute atomic E-state index is 11.8. The minimum atomic E-state index is 0. The SMILES string of the molecule is CC(Cn1ccnc1)NC(=O)C1CCNC1.Cl.Cl. The molecule has 0 radical (unpaired) electrons. The van der Waals surface area contributed by atoms with E-state index in [-0.39, 0.29) is 42.7 Å². The van der Waals surface area contributed by atoms with Crippen molar-refractivity contribution in [3.8, 4) is 0 Å². The Hall–Kier alpha value is -0.780. The van der Waals surface area contributed by atoms with E-state index in [0.717, 1.165) is 26.1 Å². The first-order chi connectivity index (χ1) is 7.75. The van der Waals surface area contributed by atoms with Gasteiger partial charge in [0.05, 0.1) is 12.2 Å². The Morgan fingerprint density at radius 2 is 2.39 bits per heavy atom. The van der Waals surface area contributed by atoms with Crippen LogP contribution in [0.5, 0.6) is 0 Å². The fraction of sp³-hybridized carbons (Fsp3) is 0.636. The molecule has 0 spiro atoms. The van der Waals surface area contributed by atoms with Gasteiger partial charge in [-0.25, -0.2) is 4.98 Å². The van der Waals surface area contributed by atoms with Gasteiger partial charge in [0.25, 0.3) is 0 Å². The summed E-state index contributed by atoms with van der Waals surface area (Å²) in [5, 5.41) is 6.23. The highest BCUT2D eigenvalue weighted by molar-refractivity contribution is 5.85. The molecule has 2 N–H and O–H groups in total. The third kappa shape index (κ3) is 4.84. The predicted octanol–water partition coefficient (Wildman–Crippen LogP) is 0.841. The van der Waals surface area contributed by atoms with Crippen molar-refractivity contribution >= 4 is 30.7 Å². The number of carbonyl (C=O) groups excluding carboxylic acids is 1. The smallest absolute Gasteiger partial charge is 0.224 e. The average Bonchev–Trinajstić information content (AvgIpc) is 2.88. The zero-order chi connectivity index (χ0) is 11.4. The zero-order valence-electron chi connectivity index (χ0n) is 10.3. The van der Waals surface area contributed by atoms with Crippen LogP contribution in [-0.2, 0) is 11.3 Å². The molecule has 2 rings (SSSR count). The highest BCUT2D eigenvalue weighted by Crippen LogP contribution is 2.07. The number of aromatic nitrogens is 2. The van der Waals surface area contributed by atoms with Crippen LogP contribution in [0.3, 0.4) is 0 Å². The van der Waals surface area contributed by atoms with Gasteiger partial charge in [0.15, 0.2) is 0 Å². The molecule has 0 bridgehead atoms. The molecule has 1 aromatic rings. The molecule has 1 amide bonds. The number of hydrogen-bond donors (Lipinski definition) is 2. The fourth-order valence-corrected chi connectivity index (χ4v) is 2.00. The molecule has 1 aliphatic rings. The summed E-state index contributed by atoms with van der Waals surface area (Å²) in [4.78, 5) is 15.8. The van der Waals surface area contributed by atoms with Crippen LogP contribution >= 0.6 is 24.8 Å². The van der Waals surface area contributed by atoms with Gasteiger partial charge in [-0.2, -0.15) is 0 Å². The number of rotatable bonds is 4. The van der Waals surface area contributed by atoms with E-state index in [4.69, 9.17) is 0 Å². The van der Waals surface area contributed by atoms with Gasteiger partial charge in [-0.3, -0.25) is 4.79 Å².